The average molecular weight is 427 g/mol. The first-order valence-electron chi connectivity index (χ1n) is 11.1. The largest absolute Gasteiger partial charge is 0.463 e. The topological polar surface area (TPSA) is 124 Å². The quantitative estimate of drug-likeness (QED) is 0.179. The summed E-state index contributed by atoms with van der Waals surface area (Å²) in [5, 5.41) is 38.0. The molecule has 1 saturated carbocycles. The van der Waals surface area contributed by atoms with E-state index < -0.39 is 30.9 Å². The van der Waals surface area contributed by atoms with Crippen molar-refractivity contribution in [1.82, 2.24) is 0 Å². The number of aliphatic hydroxyl groups is 4. The van der Waals surface area contributed by atoms with Gasteiger partial charge in [-0.15, -0.1) is 0 Å². The number of ether oxygens (including phenoxy) is 1. The van der Waals surface area contributed by atoms with Gasteiger partial charge in [-0.25, -0.2) is 0 Å². The Labute approximate surface area is 179 Å². The highest BCUT2D eigenvalue weighted by Crippen LogP contribution is 2.33. The molecule has 1 aliphatic rings. The molecule has 0 aromatic carbocycles. The SMILES string of the molecule is CCCCC[C@H](O)/C=C/[C@H]1C(=O)C[C@H](O)[C@@H]1C/C=C\CCCC(=O)OC[C@H](O)CO. The third kappa shape index (κ3) is 10.5. The first-order chi connectivity index (χ1) is 14.4. The van der Waals surface area contributed by atoms with Crippen LogP contribution < -0.4 is 0 Å². The number of hydrogen-bond donors (Lipinski definition) is 4. The lowest BCUT2D eigenvalue weighted by molar-refractivity contribution is -0.147. The molecule has 0 aromatic heterocycles. The fourth-order valence-electron chi connectivity index (χ4n) is 3.52. The first kappa shape index (κ1) is 26.5. The summed E-state index contributed by atoms with van der Waals surface area (Å²) in [4.78, 5) is 23.7. The number of esters is 1. The smallest absolute Gasteiger partial charge is 0.305 e. The highest BCUT2D eigenvalue weighted by atomic mass is 16.5. The summed E-state index contributed by atoms with van der Waals surface area (Å²) in [6.45, 7) is 1.45. The van der Waals surface area contributed by atoms with Crippen molar-refractivity contribution in [3.63, 3.8) is 0 Å². The van der Waals surface area contributed by atoms with E-state index in [0.29, 0.717) is 25.7 Å². The van der Waals surface area contributed by atoms with E-state index in [9.17, 15) is 19.8 Å². The van der Waals surface area contributed by atoms with Crippen LogP contribution in [0.1, 0.15) is 64.7 Å². The Hall–Kier alpha value is -1.54. The number of carbonyl (C=O) groups excluding carboxylic acids is 2. The van der Waals surface area contributed by atoms with Crippen LogP contribution >= 0.6 is 0 Å². The van der Waals surface area contributed by atoms with E-state index in [0.717, 1.165) is 19.3 Å². The van der Waals surface area contributed by atoms with Crippen molar-refractivity contribution < 1.29 is 34.8 Å². The molecule has 0 bridgehead atoms. The maximum Gasteiger partial charge on any atom is 0.305 e. The fraction of sp³-hybridized carbons (Fsp3) is 0.739. The minimum absolute atomic E-state index is 0.00530. The summed E-state index contributed by atoms with van der Waals surface area (Å²) < 4.78 is 4.83. The number of hydrogen-bond acceptors (Lipinski definition) is 7. The number of allylic oxidation sites excluding steroid dienone is 3. The normalized spacial score (nSPS) is 24.0. The molecule has 1 fully saturated rings. The Morgan fingerprint density at radius 2 is 2.00 bits per heavy atom. The van der Waals surface area contributed by atoms with E-state index in [1.54, 1.807) is 12.2 Å². The van der Waals surface area contributed by atoms with Crippen molar-refractivity contribution in [2.75, 3.05) is 13.2 Å². The second kappa shape index (κ2) is 15.3. The van der Waals surface area contributed by atoms with Crippen molar-refractivity contribution in [3.8, 4) is 0 Å². The molecule has 4 N–H and O–H groups in total. The molecule has 0 spiro atoms. The van der Waals surface area contributed by atoms with Crippen LogP contribution in [0.4, 0.5) is 0 Å². The Balaban J connectivity index is 2.37. The number of unbranched alkanes of at least 4 members (excludes halogenated alkanes) is 3. The maximum absolute atomic E-state index is 12.2. The summed E-state index contributed by atoms with van der Waals surface area (Å²) in [7, 11) is 0. The van der Waals surface area contributed by atoms with Crippen LogP contribution in [0.2, 0.25) is 0 Å². The van der Waals surface area contributed by atoms with E-state index in [4.69, 9.17) is 14.9 Å². The molecular formula is C23H38O7. The molecule has 0 saturated heterocycles. The van der Waals surface area contributed by atoms with Crippen molar-refractivity contribution in [1.29, 1.82) is 0 Å². The molecule has 5 atom stereocenters. The van der Waals surface area contributed by atoms with Gasteiger partial charge in [-0.05, 0) is 25.7 Å². The number of aliphatic hydroxyl groups excluding tert-OH is 4. The van der Waals surface area contributed by atoms with Crippen molar-refractivity contribution in [2.24, 2.45) is 11.8 Å². The summed E-state index contributed by atoms with van der Waals surface area (Å²) in [5.41, 5.74) is 0. The molecule has 0 radical (unpaired) electrons. The van der Waals surface area contributed by atoms with Gasteiger partial charge in [0, 0.05) is 24.7 Å². The zero-order chi connectivity index (χ0) is 22.4. The monoisotopic (exact) mass is 426 g/mol. The lowest BCUT2D eigenvalue weighted by Crippen LogP contribution is -2.21. The summed E-state index contributed by atoms with van der Waals surface area (Å²) >= 11 is 0. The number of carbonyl (C=O) groups is 2. The standard InChI is InChI=1S/C23H38O7/c1-2-3-6-9-17(25)12-13-20-19(21(27)14-22(20)28)10-7-4-5-8-11-23(29)30-16-18(26)15-24/h4,7,12-13,17-21,24-27H,2-3,5-6,8-11,14-16H2,1H3/b7-4-,13-12+/t17-,18+,19+,20+,21-/m0/s1. The second-order valence-electron chi connectivity index (χ2n) is 7.99. The van der Waals surface area contributed by atoms with Crippen LogP contribution in [-0.4, -0.2) is 63.7 Å². The zero-order valence-electron chi connectivity index (χ0n) is 18.0. The van der Waals surface area contributed by atoms with E-state index >= 15 is 0 Å². The van der Waals surface area contributed by atoms with Crippen molar-refractivity contribution in [3.05, 3.63) is 24.3 Å². The van der Waals surface area contributed by atoms with E-state index in [1.807, 2.05) is 12.2 Å². The van der Waals surface area contributed by atoms with Gasteiger partial charge in [0.05, 0.1) is 18.8 Å². The van der Waals surface area contributed by atoms with Gasteiger partial charge < -0.3 is 25.2 Å². The lowest BCUT2D eigenvalue weighted by Gasteiger charge is -2.17. The molecule has 30 heavy (non-hydrogen) atoms. The molecule has 0 amide bonds. The number of ketones is 1. The van der Waals surface area contributed by atoms with E-state index in [-0.39, 0.29) is 37.1 Å². The van der Waals surface area contributed by atoms with Crippen LogP contribution in [0.15, 0.2) is 24.3 Å². The van der Waals surface area contributed by atoms with Gasteiger partial charge in [0.15, 0.2) is 0 Å². The third-order valence-electron chi connectivity index (χ3n) is 5.36. The van der Waals surface area contributed by atoms with E-state index in [2.05, 4.69) is 6.92 Å². The molecule has 0 aromatic rings. The Bertz CT molecular complexity index is 558. The summed E-state index contributed by atoms with van der Waals surface area (Å²) in [6, 6.07) is 0. The predicted octanol–water partition coefficient (Wildman–Crippen LogP) is 2.06. The molecule has 7 nitrogen and oxygen atoms in total. The minimum atomic E-state index is -1.05. The molecule has 1 aliphatic carbocycles. The van der Waals surface area contributed by atoms with Gasteiger partial charge in [-0.2, -0.15) is 0 Å². The molecular weight excluding hydrogens is 388 g/mol. The van der Waals surface area contributed by atoms with Crippen LogP contribution in [0.25, 0.3) is 0 Å². The lowest BCUT2D eigenvalue weighted by atomic mass is 9.90. The highest BCUT2D eigenvalue weighted by molar-refractivity contribution is 5.86. The van der Waals surface area contributed by atoms with Gasteiger partial charge in [-0.3, -0.25) is 9.59 Å². The van der Waals surface area contributed by atoms with Gasteiger partial charge in [0.2, 0.25) is 0 Å². The van der Waals surface area contributed by atoms with Crippen LogP contribution in [0, 0.1) is 11.8 Å². The first-order valence-corrected chi connectivity index (χ1v) is 11.1. The Morgan fingerprint density at radius 3 is 2.70 bits per heavy atom. The van der Waals surface area contributed by atoms with Gasteiger partial charge >= 0.3 is 5.97 Å². The maximum atomic E-state index is 12.2. The van der Waals surface area contributed by atoms with Gasteiger partial charge in [0.25, 0.3) is 0 Å². The second-order valence-corrected chi connectivity index (χ2v) is 7.99. The number of rotatable bonds is 15. The molecule has 1 rings (SSSR count). The van der Waals surface area contributed by atoms with Crippen LogP contribution in [-0.2, 0) is 14.3 Å². The summed E-state index contributed by atoms with van der Waals surface area (Å²) in [6.07, 6.45) is 11.0. The number of Topliss-reactive ketones (excluding diaryl/α,β-unsaturated/α-hetero) is 1. The highest BCUT2D eigenvalue weighted by Gasteiger charge is 2.39. The molecule has 0 unspecified atom stereocenters. The Kier molecular flexibility index (Phi) is 13.5. The van der Waals surface area contributed by atoms with Gasteiger partial charge in [-0.1, -0.05) is 50.5 Å². The van der Waals surface area contributed by atoms with Gasteiger partial charge in [0.1, 0.15) is 18.5 Å². The van der Waals surface area contributed by atoms with Crippen LogP contribution in [0.3, 0.4) is 0 Å². The molecule has 0 heterocycles. The fourth-order valence-corrected chi connectivity index (χ4v) is 3.52. The molecule has 0 aliphatic heterocycles. The van der Waals surface area contributed by atoms with Crippen molar-refractivity contribution >= 4 is 11.8 Å². The van der Waals surface area contributed by atoms with E-state index in [1.165, 1.54) is 0 Å². The average Bonchev–Trinajstić information content (AvgIpc) is 2.99. The zero-order valence-corrected chi connectivity index (χ0v) is 18.0. The Morgan fingerprint density at radius 1 is 1.23 bits per heavy atom. The predicted molar refractivity (Wildman–Crippen MR) is 114 cm³/mol. The van der Waals surface area contributed by atoms with Crippen LogP contribution in [0.5, 0.6) is 0 Å². The van der Waals surface area contributed by atoms with Crippen molar-refractivity contribution in [2.45, 2.75) is 83.0 Å². The molecule has 7 heteroatoms. The summed E-state index contributed by atoms with van der Waals surface area (Å²) in [5.74, 6) is -0.989. The minimum Gasteiger partial charge on any atom is -0.463 e. The third-order valence-corrected chi connectivity index (χ3v) is 5.36. The molecule has 172 valence electrons.